The monoisotopic (exact) mass is 309 g/mol. The minimum absolute atomic E-state index is 0.651. The minimum atomic E-state index is 0.651. The fourth-order valence-corrected chi connectivity index (χ4v) is 3.71. The van der Waals surface area contributed by atoms with Crippen LogP contribution in [-0.2, 0) is 0 Å². The van der Waals surface area contributed by atoms with Crippen LogP contribution in [0.3, 0.4) is 0 Å². The standard InChI is InChI=1S/C14H20BrN3/c1-3-13-11-6-16-5-10(11)8-18(13)14-4-9(2)12(15)7-17-14/h4,7,10-11,13,16H,3,5-6,8H2,1-2H3. The van der Waals surface area contributed by atoms with Gasteiger partial charge < -0.3 is 10.2 Å². The van der Waals surface area contributed by atoms with Crippen LogP contribution in [-0.4, -0.2) is 30.7 Å². The SMILES string of the molecule is CCC1C2CNCC2CN1c1cc(C)c(Br)cn1. The molecule has 2 fully saturated rings. The Morgan fingerprint density at radius 2 is 2.33 bits per heavy atom. The molecule has 0 bridgehead atoms. The first-order chi connectivity index (χ1) is 8.70. The summed E-state index contributed by atoms with van der Waals surface area (Å²) in [5, 5.41) is 3.53. The summed E-state index contributed by atoms with van der Waals surface area (Å²) in [5.74, 6) is 2.76. The van der Waals surface area contributed by atoms with Gasteiger partial charge in [0.25, 0.3) is 0 Å². The van der Waals surface area contributed by atoms with Crippen LogP contribution in [0, 0.1) is 18.8 Å². The van der Waals surface area contributed by atoms with E-state index in [0.29, 0.717) is 6.04 Å². The van der Waals surface area contributed by atoms with Gasteiger partial charge in [0.1, 0.15) is 5.82 Å². The van der Waals surface area contributed by atoms with Crippen molar-refractivity contribution in [2.24, 2.45) is 11.8 Å². The van der Waals surface area contributed by atoms with Gasteiger partial charge in [-0.3, -0.25) is 0 Å². The summed E-state index contributed by atoms with van der Waals surface area (Å²) in [6, 6.07) is 2.86. The number of nitrogens with one attached hydrogen (secondary N) is 1. The average Bonchev–Trinajstić information content (AvgIpc) is 2.92. The van der Waals surface area contributed by atoms with Crippen molar-refractivity contribution in [3.8, 4) is 0 Å². The normalized spacial score (nSPS) is 30.8. The maximum absolute atomic E-state index is 4.61. The summed E-state index contributed by atoms with van der Waals surface area (Å²) >= 11 is 3.53. The van der Waals surface area contributed by atoms with Crippen molar-refractivity contribution >= 4 is 21.7 Å². The van der Waals surface area contributed by atoms with Crippen LogP contribution < -0.4 is 10.2 Å². The number of aryl methyl sites for hydroxylation is 1. The number of aromatic nitrogens is 1. The Morgan fingerprint density at radius 1 is 1.50 bits per heavy atom. The Morgan fingerprint density at radius 3 is 3.06 bits per heavy atom. The molecule has 3 nitrogen and oxygen atoms in total. The van der Waals surface area contributed by atoms with E-state index in [1.165, 1.54) is 25.1 Å². The lowest BCUT2D eigenvalue weighted by Gasteiger charge is -2.28. The third-order valence-electron chi connectivity index (χ3n) is 4.46. The van der Waals surface area contributed by atoms with Crippen LogP contribution in [0.2, 0.25) is 0 Å². The maximum Gasteiger partial charge on any atom is 0.129 e. The molecule has 1 N–H and O–H groups in total. The van der Waals surface area contributed by atoms with Gasteiger partial charge in [-0.2, -0.15) is 0 Å². The second-order valence-corrected chi connectivity index (χ2v) is 6.36. The summed E-state index contributed by atoms with van der Waals surface area (Å²) in [5.41, 5.74) is 1.27. The number of rotatable bonds is 2. The highest BCUT2D eigenvalue weighted by Gasteiger charge is 2.43. The number of nitrogens with zero attached hydrogens (tertiary/aromatic N) is 2. The Hall–Kier alpha value is -0.610. The van der Waals surface area contributed by atoms with E-state index in [0.717, 1.165) is 28.7 Å². The third-order valence-corrected chi connectivity index (χ3v) is 5.29. The molecule has 3 heterocycles. The molecule has 0 aromatic carbocycles. The molecule has 4 heteroatoms. The first-order valence-electron chi connectivity index (χ1n) is 6.80. The van der Waals surface area contributed by atoms with E-state index in [1.807, 2.05) is 6.20 Å². The number of fused-ring (bicyclic) bond motifs is 1. The number of hydrogen-bond donors (Lipinski definition) is 1. The molecule has 1 aromatic heterocycles. The van der Waals surface area contributed by atoms with Crippen molar-refractivity contribution in [3.63, 3.8) is 0 Å². The molecule has 0 radical (unpaired) electrons. The van der Waals surface area contributed by atoms with Gasteiger partial charge in [0.15, 0.2) is 0 Å². The Bertz CT molecular complexity index is 449. The molecule has 1 aromatic rings. The predicted molar refractivity (Wildman–Crippen MR) is 77.9 cm³/mol. The van der Waals surface area contributed by atoms with Crippen LogP contribution in [0.1, 0.15) is 18.9 Å². The number of hydrogen-bond acceptors (Lipinski definition) is 3. The van der Waals surface area contributed by atoms with Crippen molar-refractivity contribution in [1.82, 2.24) is 10.3 Å². The molecule has 0 saturated carbocycles. The van der Waals surface area contributed by atoms with Crippen molar-refractivity contribution < 1.29 is 0 Å². The minimum Gasteiger partial charge on any atom is -0.353 e. The summed E-state index contributed by atoms with van der Waals surface area (Å²) < 4.78 is 1.10. The molecular formula is C14H20BrN3. The van der Waals surface area contributed by atoms with Crippen LogP contribution in [0.5, 0.6) is 0 Å². The largest absolute Gasteiger partial charge is 0.353 e. The lowest BCUT2D eigenvalue weighted by molar-refractivity contribution is 0.441. The second kappa shape index (κ2) is 4.82. The molecule has 3 rings (SSSR count). The quantitative estimate of drug-likeness (QED) is 0.910. The first-order valence-corrected chi connectivity index (χ1v) is 7.59. The highest BCUT2D eigenvalue weighted by atomic mass is 79.9. The van der Waals surface area contributed by atoms with Crippen LogP contribution in [0.25, 0.3) is 0 Å². The number of halogens is 1. The van der Waals surface area contributed by atoms with Gasteiger partial charge in [0.2, 0.25) is 0 Å². The summed E-state index contributed by atoms with van der Waals surface area (Å²) in [6.07, 6.45) is 3.14. The van der Waals surface area contributed by atoms with Gasteiger partial charge in [-0.1, -0.05) is 6.92 Å². The van der Waals surface area contributed by atoms with Gasteiger partial charge in [0.05, 0.1) is 0 Å². The molecule has 3 unspecified atom stereocenters. The maximum atomic E-state index is 4.61. The fourth-order valence-electron chi connectivity index (χ4n) is 3.49. The van der Waals surface area contributed by atoms with Crippen molar-refractivity contribution in [3.05, 3.63) is 22.3 Å². The van der Waals surface area contributed by atoms with E-state index in [4.69, 9.17) is 0 Å². The van der Waals surface area contributed by atoms with Crippen LogP contribution >= 0.6 is 15.9 Å². The molecule has 2 aliphatic heterocycles. The molecule has 0 aliphatic carbocycles. The van der Waals surface area contributed by atoms with Crippen molar-refractivity contribution in [2.45, 2.75) is 26.3 Å². The number of anilines is 1. The molecular weight excluding hydrogens is 290 g/mol. The summed E-state index contributed by atoms with van der Waals surface area (Å²) in [7, 11) is 0. The fraction of sp³-hybridized carbons (Fsp3) is 0.643. The van der Waals surface area contributed by atoms with Crippen molar-refractivity contribution in [1.29, 1.82) is 0 Å². The van der Waals surface area contributed by atoms with Crippen LogP contribution in [0.15, 0.2) is 16.7 Å². The van der Waals surface area contributed by atoms with Gasteiger partial charge in [0, 0.05) is 36.3 Å². The Kier molecular flexibility index (Phi) is 3.32. The lowest BCUT2D eigenvalue weighted by Crippen LogP contribution is -2.35. The lowest BCUT2D eigenvalue weighted by atomic mass is 9.93. The topological polar surface area (TPSA) is 28.2 Å². The molecule has 2 aliphatic rings. The summed E-state index contributed by atoms with van der Waals surface area (Å²) in [6.45, 7) is 7.94. The van der Waals surface area contributed by atoms with E-state index in [9.17, 15) is 0 Å². The van der Waals surface area contributed by atoms with Gasteiger partial charge in [-0.25, -0.2) is 4.98 Å². The van der Waals surface area contributed by atoms with E-state index in [1.54, 1.807) is 0 Å². The van der Waals surface area contributed by atoms with E-state index in [-0.39, 0.29) is 0 Å². The van der Waals surface area contributed by atoms with E-state index < -0.39 is 0 Å². The molecule has 3 atom stereocenters. The highest BCUT2D eigenvalue weighted by Crippen LogP contribution is 2.37. The van der Waals surface area contributed by atoms with Gasteiger partial charge >= 0.3 is 0 Å². The molecule has 98 valence electrons. The zero-order chi connectivity index (χ0) is 12.7. The van der Waals surface area contributed by atoms with Crippen LogP contribution in [0.4, 0.5) is 5.82 Å². The smallest absolute Gasteiger partial charge is 0.129 e. The second-order valence-electron chi connectivity index (χ2n) is 5.50. The first kappa shape index (κ1) is 12.4. The molecule has 0 amide bonds. The van der Waals surface area contributed by atoms with Crippen molar-refractivity contribution in [2.75, 3.05) is 24.5 Å². The average molecular weight is 310 g/mol. The van der Waals surface area contributed by atoms with E-state index >= 15 is 0 Å². The zero-order valence-electron chi connectivity index (χ0n) is 11.0. The number of pyridine rings is 1. The van der Waals surface area contributed by atoms with Gasteiger partial charge in [-0.15, -0.1) is 0 Å². The zero-order valence-corrected chi connectivity index (χ0v) is 12.6. The molecule has 2 saturated heterocycles. The Labute approximate surface area is 117 Å². The highest BCUT2D eigenvalue weighted by molar-refractivity contribution is 9.10. The van der Waals surface area contributed by atoms with Gasteiger partial charge in [-0.05, 0) is 52.7 Å². The molecule has 0 spiro atoms. The van der Waals surface area contributed by atoms with E-state index in [2.05, 4.69) is 51.0 Å². The third kappa shape index (κ3) is 1.95. The Balaban J connectivity index is 1.89. The predicted octanol–water partition coefficient (Wildman–Crippen LogP) is 2.59. The summed E-state index contributed by atoms with van der Waals surface area (Å²) in [4.78, 5) is 7.13. The molecule has 18 heavy (non-hydrogen) atoms.